The van der Waals surface area contributed by atoms with E-state index in [9.17, 15) is 8.78 Å². The van der Waals surface area contributed by atoms with Gasteiger partial charge in [-0.25, -0.2) is 0 Å². The number of nitrogens with two attached hydrogens (primary N) is 1. The summed E-state index contributed by atoms with van der Waals surface area (Å²) in [4.78, 5) is 5.54. The second kappa shape index (κ2) is 4.94. The van der Waals surface area contributed by atoms with Gasteiger partial charge in [0, 0.05) is 18.7 Å². The van der Waals surface area contributed by atoms with Gasteiger partial charge in [-0.05, 0) is 37.1 Å². The number of rotatable bonds is 4. The number of hydroxylamine groups is 2. The number of anilines is 1. The quantitative estimate of drug-likeness (QED) is 0.663. The Kier molecular flexibility index (Phi) is 3.52. The smallest absolute Gasteiger partial charge is 0.291 e. The molecule has 0 radical (unpaired) electrons. The van der Waals surface area contributed by atoms with E-state index in [1.165, 1.54) is 18.2 Å². The van der Waals surface area contributed by atoms with Crippen LogP contribution in [0.2, 0.25) is 0 Å². The standard InChI is InChI=1S/C13H16F2N2O/c1-2-13(14,15)10-5-6-12(11(16)9-10)18-17-7-3-4-8-17/h2,5-6,9H,1,3-4,7-8,16H2. The predicted molar refractivity (Wildman–Crippen MR) is 66.4 cm³/mol. The van der Waals surface area contributed by atoms with Gasteiger partial charge in [0.2, 0.25) is 0 Å². The Morgan fingerprint density at radius 3 is 2.56 bits per heavy atom. The lowest BCUT2D eigenvalue weighted by Gasteiger charge is -2.19. The van der Waals surface area contributed by atoms with Crippen LogP contribution in [0.3, 0.4) is 0 Å². The summed E-state index contributed by atoms with van der Waals surface area (Å²) in [6.45, 7) is 4.79. The highest BCUT2D eigenvalue weighted by Gasteiger charge is 2.28. The van der Waals surface area contributed by atoms with Gasteiger partial charge < -0.3 is 10.6 Å². The first-order valence-electron chi connectivity index (χ1n) is 5.87. The molecule has 0 spiro atoms. The second-order valence-electron chi connectivity index (χ2n) is 4.31. The molecule has 18 heavy (non-hydrogen) atoms. The Morgan fingerprint density at radius 1 is 1.33 bits per heavy atom. The number of halogens is 2. The minimum Gasteiger partial charge on any atom is -0.404 e. The van der Waals surface area contributed by atoms with E-state index in [-0.39, 0.29) is 11.3 Å². The maximum Gasteiger partial charge on any atom is 0.291 e. The van der Waals surface area contributed by atoms with Crippen molar-refractivity contribution in [2.45, 2.75) is 18.8 Å². The highest BCUT2D eigenvalue weighted by molar-refractivity contribution is 5.55. The SMILES string of the molecule is C=CC(F)(F)c1ccc(ON2CCCC2)c(N)c1. The van der Waals surface area contributed by atoms with Crippen LogP contribution in [-0.4, -0.2) is 18.2 Å². The first-order valence-corrected chi connectivity index (χ1v) is 5.87. The number of hydrogen-bond donors (Lipinski definition) is 1. The molecule has 98 valence electrons. The maximum atomic E-state index is 13.4. The number of nitrogen functional groups attached to an aromatic ring is 1. The van der Waals surface area contributed by atoms with Crippen LogP contribution < -0.4 is 10.6 Å². The summed E-state index contributed by atoms with van der Waals surface area (Å²) in [5, 5.41) is 1.79. The molecule has 0 bridgehead atoms. The lowest BCUT2D eigenvalue weighted by Crippen LogP contribution is -2.24. The lowest BCUT2D eigenvalue weighted by atomic mass is 10.1. The highest BCUT2D eigenvalue weighted by Crippen LogP contribution is 2.33. The Balaban J connectivity index is 2.16. The van der Waals surface area contributed by atoms with Crippen molar-refractivity contribution in [3.05, 3.63) is 36.4 Å². The van der Waals surface area contributed by atoms with Crippen molar-refractivity contribution in [3.63, 3.8) is 0 Å². The largest absolute Gasteiger partial charge is 0.404 e. The number of allylic oxidation sites excluding steroid dienone is 1. The van der Waals surface area contributed by atoms with Crippen LogP contribution in [0.1, 0.15) is 18.4 Å². The van der Waals surface area contributed by atoms with Crippen molar-refractivity contribution in [1.29, 1.82) is 0 Å². The number of alkyl halides is 2. The molecule has 1 aliphatic heterocycles. The highest BCUT2D eigenvalue weighted by atomic mass is 19.3. The first kappa shape index (κ1) is 12.8. The topological polar surface area (TPSA) is 38.5 Å². The van der Waals surface area contributed by atoms with Crippen molar-refractivity contribution in [2.75, 3.05) is 18.8 Å². The van der Waals surface area contributed by atoms with Crippen LogP contribution in [0.4, 0.5) is 14.5 Å². The number of nitrogens with zero attached hydrogens (tertiary/aromatic N) is 1. The number of hydrogen-bond acceptors (Lipinski definition) is 3. The Hall–Kier alpha value is -1.62. The molecule has 2 rings (SSSR count). The monoisotopic (exact) mass is 254 g/mol. The van der Waals surface area contributed by atoms with E-state index < -0.39 is 5.92 Å². The van der Waals surface area contributed by atoms with Crippen LogP contribution >= 0.6 is 0 Å². The number of benzene rings is 1. The zero-order valence-electron chi connectivity index (χ0n) is 10.0. The van der Waals surface area contributed by atoms with Gasteiger partial charge in [0.25, 0.3) is 5.92 Å². The Bertz CT molecular complexity index is 443. The zero-order chi connectivity index (χ0) is 13.2. The maximum absolute atomic E-state index is 13.4. The van der Waals surface area contributed by atoms with Gasteiger partial charge in [0.05, 0.1) is 5.69 Å². The third-order valence-corrected chi connectivity index (χ3v) is 2.94. The van der Waals surface area contributed by atoms with Crippen LogP contribution in [0, 0.1) is 0 Å². The molecule has 1 saturated heterocycles. The summed E-state index contributed by atoms with van der Waals surface area (Å²) >= 11 is 0. The third kappa shape index (κ3) is 2.61. The van der Waals surface area contributed by atoms with Gasteiger partial charge >= 0.3 is 0 Å². The minimum atomic E-state index is -3.07. The van der Waals surface area contributed by atoms with E-state index in [0.29, 0.717) is 11.8 Å². The molecule has 5 heteroatoms. The van der Waals surface area contributed by atoms with Gasteiger partial charge in [-0.2, -0.15) is 8.78 Å². The van der Waals surface area contributed by atoms with Crippen LogP contribution in [0.15, 0.2) is 30.9 Å². The molecule has 1 heterocycles. The third-order valence-electron chi connectivity index (χ3n) is 2.94. The van der Waals surface area contributed by atoms with Crippen LogP contribution in [0.5, 0.6) is 5.75 Å². The molecule has 0 aliphatic carbocycles. The molecule has 2 N–H and O–H groups in total. The summed E-state index contributed by atoms with van der Waals surface area (Å²) in [5.74, 6) is -2.65. The fraction of sp³-hybridized carbons (Fsp3) is 0.385. The fourth-order valence-corrected chi connectivity index (χ4v) is 1.88. The van der Waals surface area contributed by atoms with Crippen LogP contribution in [-0.2, 0) is 5.92 Å². The van der Waals surface area contributed by atoms with E-state index >= 15 is 0 Å². The Labute approximate surface area is 105 Å². The molecule has 0 saturated carbocycles. The summed E-state index contributed by atoms with van der Waals surface area (Å²) in [6.07, 6.45) is 2.75. The first-order chi connectivity index (χ1) is 8.53. The molecule has 0 unspecified atom stereocenters. The fourth-order valence-electron chi connectivity index (χ4n) is 1.88. The van der Waals surface area contributed by atoms with Gasteiger partial charge in [0.1, 0.15) is 0 Å². The van der Waals surface area contributed by atoms with E-state index in [1.54, 1.807) is 5.06 Å². The minimum absolute atomic E-state index is 0.177. The lowest BCUT2D eigenvalue weighted by molar-refractivity contribution is -0.0339. The molecule has 0 aromatic heterocycles. The van der Waals surface area contributed by atoms with E-state index in [0.717, 1.165) is 25.9 Å². The van der Waals surface area contributed by atoms with Gasteiger partial charge in [0.15, 0.2) is 5.75 Å². The molecule has 1 fully saturated rings. The van der Waals surface area contributed by atoms with Gasteiger partial charge in [-0.15, -0.1) is 5.06 Å². The van der Waals surface area contributed by atoms with Gasteiger partial charge in [-0.1, -0.05) is 6.58 Å². The van der Waals surface area contributed by atoms with Crippen LogP contribution in [0.25, 0.3) is 0 Å². The molecule has 0 amide bonds. The average molecular weight is 254 g/mol. The normalized spacial score (nSPS) is 16.8. The zero-order valence-corrected chi connectivity index (χ0v) is 10.0. The summed E-state index contributed by atoms with van der Waals surface area (Å²) in [6, 6.07) is 4.01. The van der Waals surface area contributed by atoms with Crippen molar-refractivity contribution in [2.24, 2.45) is 0 Å². The molecule has 1 aromatic carbocycles. The molecule has 1 aromatic rings. The van der Waals surface area contributed by atoms with Gasteiger partial charge in [-0.3, -0.25) is 0 Å². The predicted octanol–water partition coefficient (Wildman–Crippen LogP) is 2.94. The van der Waals surface area contributed by atoms with E-state index in [2.05, 4.69) is 6.58 Å². The Morgan fingerprint density at radius 2 is 2.00 bits per heavy atom. The molecule has 0 atom stereocenters. The van der Waals surface area contributed by atoms with Crippen molar-refractivity contribution in [1.82, 2.24) is 5.06 Å². The molecular formula is C13H16F2N2O. The molecule has 3 nitrogen and oxygen atoms in total. The molecular weight excluding hydrogens is 238 g/mol. The van der Waals surface area contributed by atoms with Crippen molar-refractivity contribution >= 4 is 5.69 Å². The average Bonchev–Trinajstić information content (AvgIpc) is 2.84. The summed E-state index contributed by atoms with van der Waals surface area (Å²) < 4.78 is 26.8. The van der Waals surface area contributed by atoms with E-state index in [4.69, 9.17) is 10.6 Å². The van der Waals surface area contributed by atoms with Crippen molar-refractivity contribution < 1.29 is 13.6 Å². The summed E-state index contributed by atoms with van der Waals surface area (Å²) in [5.41, 5.74) is 5.76. The summed E-state index contributed by atoms with van der Waals surface area (Å²) in [7, 11) is 0. The van der Waals surface area contributed by atoms with Crippen molar-refractivity contribution in [3.8, 4) is 5.75 Å². The second-order valence-corrected chi connectivity index (χ2v) is 4.31. The molecule has 1 aliphatic rings. The van der Waals surface area contributed by atoms with E-state index in [1.807, 2.05) is 0 Å².